The summed E-state index contributed by atoms with van der Waals surface area (Å²) in [5, 5.41) is 3.36. The number of hydrogen-bond acceptors (Lipinski definition) is 4. The van der Waals surface area contributed by atoms with Crippen LogP contribution in [0.2, 0.25) is 0 Å². The van der Waals surface area contributed by atoms with Crippen LogP contribution in [0.15, 0.2) is 0 Å². The Hall–Kier alpha value is -0.610. The third-order valence-electron chi connectivity index (χ3n) is 3.32. The third-order valence-corrected chi connectivity index (χ3v) is 3.32. The molecule has 0 aromatic rings. The molecule has 0 aliphatic heterocycles. The van der Waals surface area contributed by atoms with Gasteiger partial charge in [0.15, 0.2) is 0 Å². The Bertz CT molecular complexity index is 264. The third kappa shape index (κ3) is 5.36. The van der Waals surface area contributed by atoms with Crippen LogP contribution in [0.5, 0.6) is 0 Å². The summed E-state index contributed by atoms with van der Waals surface area (Å²) >= 11 is 0. The van der Waals surface area contributed by atoms with Crippen LogP contribution in [0.3, 0.4) is 0 Å². The zero-order valence-electron chi connectivity index (χ0n) is 12.1. The zero-order valence-corrected chi connectivity index (χ0v) is 12.1. The van der Waals surface area contributed by atoms with Crippen molar-refractivity contribution in [3.8, 4) is 0 Å². The molecule has 106 valence electrons. The van der Waals surface area contributed by atoms with Gasteiger partial charge in [-0.3, -0.25) is 10.1 Å². The molecule has 1 unspecified atom stereocenters. The highest BCUT2D eigenvalue weighted by Crippen LogP contribution is 2.24. The summed E-state index contributed by atoms with van der Waals surface area (Å²) < 4.78 is 10.5. The van der Waals surface area contributed by atoms with Gasteiger partial charge in [-0.1, -0.05) is 13.8 Å². The Kier molecular flexibility index (Phi) is 6.09. The minimum absolute atomic E-state index is 0.193. The Morgan fingerprint density at radius 3 is 2.56 bits per heavy atom. The van der Waals surface area contributed by atoms with Crippen molar-refractivity contribution in [2.45, 2.75) is 58.0 Å². The van der Waals surface area contributed by atoms with Crippen LogP contribution in [-0.2, 0) is 14.3 Å². The van der Waals surface area contributed by atoms with E-state index in [1.165, 1.54) is 7.11 Å². The topological polar surface area (TPSA) is 47.6 Å². The predicted molar refractivity (Wildman–Crippen MR) is 71.5 cm³/mol. The molecule has 0 aromatic carbocycles. The molecule has 18 heavy (non-hydrogen) atoms. The Morgan fingerprint density at radius 1 is 1.39 bits per heavy atom. The van der Waals surface area contributed by atoms with E-state index in [9.17, 15) is 4.79 Å². The van der Waals surface area contributed by atoms with Crippen molar-refractivity contribution < 1.29 is 14.3 Å². The first kappa shape index (κ1) is 15.4. The van der Waals surface area contributed by atoms with Crippen LogP contribution in [0.25, 0.3) is 0 Å². The number of ether oxygens (including phenoxy) is 2. The maximum absolute atomic E-state index is 11.8. The van der Waals surface area contributed by atoms with Gasteiger partial charge in [0.2, 0.25) is 0 Å². The molecule has 4 heteroatoms. The van der Waals surface area contributed by atoms with Gasteiger partial charge in [-0.2, -0.15) is 0 Å². The van der Waals surface area contributed by atoms with Crippen LogP contribution in [0.4, 0.5) is 0 Å². The van der Waals surface area contributed by atoms with E-state index in [-0.39, 0.29) is 5.97 Å². The van der Waals surface area contributed by atoms with Gasteiger partial charge >= 0.3 is 5.97 Å². The lowest BCUT2D eigenvalue weighted by Gasteiger charge is -2.28. The fraction of sp³-hybridized carbons (Fsp3) is 0.929. The molecule has 4 nitrogen and oxygen atoms in total. The van der Waals surface area contributed by atoms with Gasteiger partial charge in [0.25, 0.3) is 0 Å². The minimum Gasteiger partial charge on any atom is -0.468 e. The second-order valence-electron chi connectivity index (χ2n) is 5.79. The number of carbonyl (C=O) groups excluding carboxylic acids is 1. The molecule has 0 amide bonds. The highest BCUT2D eigenvalue weighted by atomic mass is 16.5. The van der Waals surface area contributed by atoms with Crippen LogP contribution < -0.4 is 5.32 Å². The average molecular weight is 257 g/mol. The monoisotopic (exact) mass is 257 g/mol. The molecule has 0 saturated heterocycles. The molecule has 1 N–H and O–H groups in total. The van der Waals surface area contributed by atoms with Crippen molar-refractivity contribution in [2.75, 3.05) is 20.3 Å². The standard InChI is InChI=1S/C14H27NO3/c1-11(2)7-9-18-10-8-14(3,13(16)17-4)15-12-5-6-12/h11-12,15H,5-10H2,1-4H3. The minimum atomic E-state index is -0.603. The van der Waals surface area contributed by atoms with Crippen LogP contribution >= 0.6 is 0 Å². The molecule has 1 atom stereocenters. The summed E-state index contributed by atoms with van der Waals surface area (Å²) in [4.78, 5) is 11.8. The van der Waals surface area contributed by atoms with Gasteiger partial charge < -0.3 is 9.47 Å². The van der Waals surface area contributed by atoms with Crippen molar-refractivity contribution in [3.63, 3.8) is 0 Å². The van der Waals surface area contributed by atoms with E-state index in [1.54, 1.807) is 0 Å². The van der Waals surface area contributed by atoms with Crippen molar-refractivity contribution in [1.82, 2.24) is 5.32 Å². The molecule has 1 fully saturated rings. The average Bonchev–Trinajstić information content (AvgIpc) is 3.10. The fourth-order valence-electron chi connectivity index (χ4n) is 1.83. The maximum Gasteiger partial charge on any atom is 0.325 e. The zero-order chi connectivity index (χ0) is 13.6. The Morgan fingerprint density at radius 2 is 2.06 bits per heavy atom. The molecule has 0 radical (unpaired) electrons. The summed E-state index contributed by atoms with van der Waals surface area (Å²) in [6.45, 7) is 7.62. The van der Waals surface area contributed by atoms with E-state index >= 15 is 0 Å². The SMILES string of the molecule is COC(=O)C(C)(CCOCCC(C)C)NC1CC1. The van der Waals surface area contributed by atoms with E-state index in [4.69, 9.17) is 9.47 Å². The smallest absolute Gasteiger partial charge is 0.325 e. The van der Waals surface area contributed by atoms with E-state index in [2.05, 4.69) is 19.2 Å². The van der Waals surface area contributed by atoms with Gasteiger partial charge in [0.05, 0.1) is 7.11 Å². The molecule has 0 spiro atoms. The molecule has 1 saturated carbocycles. The Balaban J connectivity index is 2.29. The summed E-state index contributed by atoms with van der Waals surface area (Å²) in [5.74, 6) is 0.462. The number of methoxy groups -OCH3 is 1. The number of rotatable bonds is 9. The lowest BCUT2D eigenvalue weighted by Crippen LogP contribution is -2.52. The number of nitrogens with one attached hydrogen (secondary N) is 1. The van der Waals surface area contributed by atoms with E-state index < -0.39 is 5.54 Å². The number of esters is 1. The van der Waals surface area contributed by atoms with E-state index in [1.807, 2.05) is 6.92 Å². The first-order chi connectivity index (χ1) is 8.48. The highest BCUT2D eigenvalue weighted by molar-refractivity contribution is 5.80. The van der Waals surface area contributed by atoms with Gasteiger partial charge in [0, 0.05) is 19.3 Å². The quantitative estimate of drug-likeness (QED) is 0.508. The van der Waals surface area contributed by atoms with Gasteiger partial charge in [-0.15, -0.1) is 0 Å². The van der Waals surface area contributed by atoms with Crippen molar-refractivity contribution in [3.05, 3.63) is 0 Å². The molecule has 1 aliphatic carbocycles. The highest BCUT2D eigenvalue weighted by Gasteiger charge is 2.38. The van der Waals surface area contributed by atoms with Crippen LogP contribution in [0, 0.1) is 5.92 Å². The molecule has 0 heterocycles. The maximum atomic E-state index is 11.8. The Labute approximate surface area is 110 Å². The molecule has 0 aromatic heterocycles. The van der Waals surface area contributed by atoms with Crippen molar-refractivity contribution in [1.29, 1.82) is 0 Å². The number of carbonyl (C=O) groups is 1. The molecule has 0 bridgehead atoms. The molecule has 1 rings (SSSR count). The van der Waals surface area contributed by atoms with E-state index in [0.29, 0.717) is 25.0 Å². The van der Waals surface area contributed by atoms with Gasteiger partial charge in [-0.05, 0) is 38.5 Å². The normalized spacial score (nSPS) is 18.7. The van der Waals surface area contributed by atoms with Gasteiger partial charge in [0.1, 0.15) is 5.54 Å². The summed E-state index contributed by atoms with van der Waals surface area (Å²) in [6, 6.07) is 0.477. The van der Waals surface area contributed by atoms with Gasteiger partial charge in [-0.25, -0.2) is 0 Å². The lowest BCUT2D eigenvalue weighted by molar-refractivity contribution is -0.149. The predicted octanol–water partition coefficient (Wildman–Crippen LogP) is 2.12. The second-order valence-corrected chi connectivity index (χ2v) is 5.79. The number of hydrogen-bond donors (Lipinski definition) is 1. The van der Waals surface area contributed by atoms with Crippen molar-refractivity contribution >= 4 is 5.97 Å². The summed E-state index contributed by atoms with van der Waals surface area (Å²) in [6.07, 6.45) is 4.03. The lowest BCUT2D eigenvalue weighted by atomic mass is 9.98. The first-order valence-electron chi connectivity index (χ1n) is 6.92. The summed E-state index contributed by atoms with van der Waals surface area (Å²) in [7, 11) is 1.44. The van der Waals surface area contributed by atoms with Crippen molar-refractivity contribution in [2.24, 2.45) is 5.92 Å². The van der Waals surface area contributed by atoms with E-state index in [0.717, 1.165) is 25.9 Å². The fourth-order valence-corrected chi connectivity index (χ4v) is 1.83. The first-order valence-corrected chi connectivity index (χ1v) is 6.92. The molecular weight excluding hydrogens is 230 g/mol. The largest absolute Gasteiger partial charge is 0.468 e. The van der Waals surface area contributed by atoms with Crippen LogP contribution in [-0.4, -0.2) is 37.9 Å². The summed E-state index contributed by atoms with van der Waals surface area (Å²) in [5.41, 5.74) is -0.603. The second kappa shape index (κ2) is 7.10. The molecule has 1 aliphatic rings. The molecular formula is C14H27NO3. The van der Waals surface area contributed by atoms with Crippen LogP contribution in [0.1, 0.15) is 46.5 Å².